The van der Waals surface area contributed by atoms with Gasteiger partial charge in [-0.15, -0.1) is 0 Å². The molecule has 0 aliphatic carbocycles. The van der Waals surface area contributed by atoms with Crippen LogP contribution in [0.3, 0.4) is 0 Å². The summed E-state index contributed by atoms with van der Waals surface area (Å²) < 4.78 is 27.6. The molecule has 2 saturated heterocycles. The Kier molecular flexibility index (Phi) is 5.87. The third kappa shape index (κ3) is 4.24. The quantitative estimate of drug-likeness (QED) is 0.747. The van der Waals surface area contributed by atoms with E-state index in [2.05, 4.69) is 15.3 Å². The van der Waals surface area contributed by atoms with Gasteiger partial charge in [-0.3, -0.25) is 14.6 Å². The number of amides is 2. The zero-order chi connectivity index (χ0) is 21.1. The van der Waals surface area contributed by atoms with Crippen LogP contribution in [-0.4, -0.2) is 65.6 Å². The Labute approximate surface area is 175 Å². The van der Waals surface area contributed by atoms with Crippen molar-refractivity contribution >= 4 is 27.5 Å². The van der Waals surface area contributed by atoms with E-state index in [-0.39, 0.29) is 28.9 Å². The van der Waals surface area contributed by atoms with Crippen LogP contribution in [0, 0.1) is 5.92 Å². The summed E-state index contributed by atoms with van der Waals surface area (Å²) in [6.07, 6.45) is 7.66. The van der Waals surface area contributed by atoms with Crippen LogP contribution >= 0.6 is 0 Å². The first-order valence-corrected chi connectivity index (χ1v) is 11.6. The van der Waals surface area contributed by atoms with Gasteiger partial charge in [0.2, 0.25) is 15.9 Å². The smallest absolute Gasteiger partial charge is 0.270 e. The lowest BCUT2D eigenvalue weighted by Crippen LogP contribution is -2.43. The molecule has 2 aliphatic heterocycles. The molecule has 0 unspecified atom stereocenters. The molecule has 9 nitrogen and oxygen atoms in total. The molecule has 30 heavy (non-hydrogen) atoms. The van der Waals surface area contributed by atoms with Crippen molar-refractivity contribution in [1.29, 1.82) is 0 Å². The van der Waals surface area contributed by atoms with Crippen LogP contribution in [0.5, 0.6) is 0 Å². The van der Waals surface area contributed by atoms with Crippen molar-refractivity contribution in [3.05, 3.63) is 42.5 Å². The number of piperidine rings is 1. The van der Waals surface area contributed by atoms with Gasteiger partial charge >= 0.3 is 0 Å². The number of hydrogen-bond acceptors (Lipinski definition) is 5. The van der Waals surface area contributed by atoms with Crippen LogP contribution in [0.2, 0.25) is 0 Å². The SMILES string of the molecule is O=C(Nc1cccnc1)[C@H]1CCCN(S(=O)(=O)c2c[nH]c(C(=O)N3CCCC3)c2)C1. The van der Waals surface area contributed by atoms with Gasteiger partial charge < -0.3 is 15.2 Å². The van der Waals surface area contributed by atoms with E-state index in [1.807, 2.05) is 0 Å². The molecule has 0 radical (unpaired) electrons. The molecule has 4 heterocycles. The minimum atomic E-state index is -3.80. The van der Waals surface area contributed by atoms with Crippen molar-refractivity contribution in [2.75, 3.05) is 31.5 Å². The van der Waals surface area contributed by atoms with Crippen LogP contribution in [0.4, 0.5) is 5.69 Å². The highest BCUT2D eigenvalue weighted by Gasteiger charge is 2.34. The summed E-state index contributed by atoms with van der Waals surface area (Å²) in [5.74, 6) is -0.846. The summed E-state index contributed by atoms with van der Waals surface area (Å²) in [7, 11) is -3.80. The third-order valence-corrected chi connectivity index (χ3v) is 7.44. The Balaban J connectivity index is 1.45. The first-order chi connectivity index (χ1) is 14.4. The van der Waals surface area contributed by atoms with E-state index >= 15 is 0 Å². The van der Waals surface area contributed by atoms with Gasteiger partial charge in [-0.05, 0) is 43.9 Å². The number of pyridine rings is 1. The van der Waals surface area contributed by atoms with Gasteiger partial charge in [0, 0.05) is 38.6 Å². The summed E-state index contributed by atoms with van der Waals surface area (Å²) >= 11 is 0. The molecule has 2 N–H and O–H groups in total. The molecule has 0 saturated carbocycles. The summed E-state index contributed by atoms with van der Waals surface area (Å²) in [6, 6.07) is 4.86. The van der Waals surface area contributed by atoms with E-state index in [0.29, 0.717) is 38.2 Å². The highest BCUT2D eigenvalue weighted by atomic mass is 32.2. The average Bonchev–Trinajstić information content (AvgIpc) is 3.47. The summed E-state index contributed by atoms with van der Waals surface area (Å²) in [4.78, 5) is 33.7. The van der Waals surface area contributed by atoms with E-state index in [1.54, 1.807) is 29.4 Å². The third-order valence-electron chi connectivity index (χ3n) is 5.60. The maximum absolute atomic E-state index is 13.1. The molecular formula is C20H25N5O4S. The molecule has 1 atom stereocenters. The number of nitrogens with one attached hydrogen (secondary N) is 2. The molecule has 160 valence electrons. The minimum absolute atomic E-state index is 0.0540. The zero-order valence-corrected chi connectivity index (χ0v) is 17.4. The maximum Gasteiger partial charge on any atom is 0.270 e. The number of carbonyl (C=O) groups excluding carboxylic acids is 2. The number of rotatable bonds is 5. The molecule has 2 aromatic rings. The predicted molar refractivity (Wildman–Crippen MR) is 110 cm³/mol. The molecule has 0 aromatic carbocycles. The predicted octanol–water partition coefficient (Wildman–Crippen LogP) is 1.69. The first-order valence-electron chi connectivity index (χ1n) is 10.1. The van der Waals surface area contributed by atoms with Gasteiger partial charge in [-0.1, -0.05) is 0 Å². The number of sulfonamides is 1. The fraction of sp³-hybridized carbons (Fsp3) is 0.450. The van der Waals surface area contributed by atoms with E-state index in [4.69, 9.17) is 0 Å². The summed E-state index contributed by atoms with van der Waals surface area (Å²) in [5, 5.41) is 2.79. The number of likely N-dealkylation sites (tertiary alicyclic amines) is 1. The van der Waals surface area contributed by atoms with Crippen LogP contribution in [0.1, 0.15) is 36.2 Å². The fourth-order valence-electron chi connectivity index (χ4n) is 3.94. The van der Waals surface area contributed by atoms with E-state index in [9.17, 15) is 18.0 Å². The zero-order valence-electron chi connectivity index (χ0n) is 16.6. The number of H-pyrrole nitrogens is 1. The molecule has 0 bridgehead atoms. The molecule has 10 heteroatoms. The number of aromatic nitrogens is 2. The van der Waals surface area contributed by atoms with Gasteiger partial charge in [-0.2, -0.15) is 4.31 Å². The second kappa shape index (κ2) is 8.57. The molecule has 2 aromatic heterocycles. The second-order valence-corrected chi connectivity index (χ2v) is 9.62. The molecule has 2 aliphatic rings. The van der Waals surface area contributed by atoms with Crippen molar-refractivity contribution < 1.29 is 18.0 Å². The highest BCUT2D eigenvalue weighted by molar-refractivity contribution is 7.89. The van der Waals surface area contributed by atoms with Gasteiger partial charge in [0.1, 0.15) is 10.6 Å². The van der Waals surface area contributed by atoms with Crippen LogP contribution in [0.25, 0.3) is 0 Å². The van der Waals surface area contributed by atoms with E-state index in [1.165, 1.54) is 16.6 Å². The molecule has 2 amide bonds. The van der Waals surface area contributed by atoms with Crippen molar-refractivity contribution in [1.82, 2.24) is 19.2 Å². The molecule has 0 spiro atoms. The largest absolute Gasteiger partial charge is 0.356 e. The van der Waals surface area contributed by atoms with Crippen molar-refractivity contribution in [3.8, 4) is 0 Å². The molecular weight excluding hydrogens is 406 g/mol. The average molecular weight is 432 g/mol. The highest BCUT2D eigenvalue weighted by Crippen LogP contribution is 2.25. The lowest BCUT2D eigenvalue weighted by molar-refractivity contribution is -0.120. The Morgan fingerprint density at radius 1 is 1.17 bits per heavy atom. The van der Waals surface area contributed by atoms with Crippen LogP contribution < -0.4 is 5.32 Å². The van der Waals surface area contributed by atoms with Crippen molar-refractivity contribution in [2.45, 2.75) is 30.6 Å². The maximum atomic E-state index is 13.1. The lowest BCUT2D eigenvalue weighted by atomic mass is 9.99. The van der Waals surface area contributed by atoms with Gasteiger partial charge in [0.25, 0.3) is 5.91 Å². The number of aromatic amines is 1. The topological polar surface area (TPSA) is 115 Å². The second-order valence-electron chi connectivity index (χ2n) is 7.68. The molecule has 4 rings (SSSR count). The standard InChI is InChI=1S/C20H25N5O4S/c26-19(23-16-6-3-7-21-12-16)15-5-4-10-25(14-15)30(28,29)17-11-18(22-13-17)20(27)24-8-1-2-9-24/h3,6-7,11-13,15,22H,1-2,4-5,8-10,14H2,(H,23,26)/t15-/m0/s1. The van der Waals surface area contributed by atoms with Crippen molar-refractivity contribution in [2.24, 2.45) is 5.92 Å². The van der Waals surface area contributed by atoms with Gasteiger partial charge in [0.15, 0.2) is 0 Å². The van der Waals surface area contributed by atoms with E-state index in [0.717, 1.165) is 12.8 Å². The number of anilines is 1. The minimum Gasteiger partial charge on any atom is -0.356 e. The first kappa shape index (κ1) is 20.5. The van der Waals surface area contributed by atoms with Gasteiger partial charge in [-0.25, -0.2) is 8.42 Å². The van der Waals surface area contributed by atoms with Gasteiger partial charge in [0.05, 0.1) is 17.8 Å². The number of nitrogens with zero attached hydrogens (tertiary/aromatic N) is 3. The Morgan fingerprint density at radius 2 is 1.97 bits per heavy atom. The monoisotopic (exact) mass is 431 g/mol. The summed E-state index contributed by atoms with van der Waals surface area (Å²) in [6.45, 7) is 1.84. The van der Waals surface area contributed by atoms with Crippen LogP contribution in [-0.2, 0) is 14.8 Å². The number of carbonyl (C=O) groups is 2. The van der Waals surface area contributed by atoms with Crippen LogP contribution in [0.15, 0.2) is 41.7 Å². The Morgan fingerprint density at radius 3 is 2.70 bits per heavy atom. The normalized spacial score (nSPS) is 20.3. The molecule has 2 fully saturated rings. The lowest BCUT2D eigenvalue weighted by Gasteiger charge is -2.30. The Bertz CT molecular complexity index is 1010. The number of hydrogen-bond donors (Lipinski definition) is 2. The summed E-state index contributed by atoms with van der Waals surface area (Å²) in [5.41, 5.74) is 0.858. The fourth-order valence-corrected chi connectivity index (χ4v) is 5.46. The Hall–Kier alpha value is -2.72. The van der Waals surface area contributed by atoms with Crippen molar-refractivity contribution in [3.63, 3.8) is 0 Å². The van der Waals surface area contributed by atoms with E-state index < -0.39 is 15.9 Å².